The fourth-order valence-corrected chi connectivity index (χ4v) is 3.35. The van der Waals surface area contributed by atoms with Crippen LogP contribution in [0, 0.1) is 0 Å². The highest BCUT2D eigenvalue weighted by Gasteiger charge is 2.34. The minimum Gasteiger partial charge on any atom is -0.478 e. The van der Waals surface area contributed by atoms with Gasteiger partial charge in [0.1, 0.15) is 17.1 Å². The lowest BCUT2D eigenvalue weighted by Crippen LogP contribution is -2.54. The van der Waals surface area contributed by atoms with E-state index >= 15 is 0 Å². The molecule has 3 aromatic carbocycles. The number of carboxylic acids is 1. The Morgan fingerprint density at radius 3 is 2.16 bits per heavy atom. The topological polar surface area (TPSA) is 95.9 Å². The van der Waals surface area contributed by atoms with E-state index in [0.29, 0.717) is 22.7 Å². The number of hydrogen-bond donors (Lipinski definition) is 2. The lowest BCUT2D eigenvalue weighted by atomic mass is 10.1. The number of nitrogens with zero attached hydrogens (tertiary/aromatic N) is 1. The number of benzene rings is 3. The Kier molecular flexibility index (Phi) is 5.78. The minimum absolute atomic E-state index is 0.0323. The van der Waals surface area contributed by atoms with Crippen LogP contribution in [0.25, 0.3) is 6.08 Å². The molecule has 0 aliphatic carbocycles. The Hall–Kier alpha value is -4.30. The van der Waals surface area contributed by atoms with Crippen LogP contribution in [0.5, 0.6) is 11.5 Å². The van der Waals surface area contributed by atoms with Crippen LogP contribution in [0.15, 0.2) is 84.4 Å². The number of carbonyl (C=O) groups excluding carboxylic acids is 2. The highest BCUT2D eigenvalue weighted by Crippen LogP contribution is 2.27. The van der Waals surface area contributed by atoms with Crippen LogP contribution in [0.3, 0.4) is 0 Å². The molecule has 32 heavy (non-hydrogen) atoms. The average molecular weight is 444 g/mol. The second-order valence-electron chi connectivity index (χ2n) is 6.79. The monoisotopic (exact) mass is 444 g/mol. The quantitative estimate of drug-likeness (QED) is 0.351. The molecule has 2 N–H and O–H groups in total. The molecule has 0 atom stereocenters. The van der Waals surface area contributed by atoms with Gasteiger partial charge in [-0.15, -0.1) is 0 Å². The molecule has 8 heteroatoms. The number of rotatable bonds is 5. The van der Waals surface area contributed by atoms with Gasteiger partial charge in [-0.05, 0) is 72.4 Å². The number of amides is 2. The number of carbonyl (C=O) groups is 3. The molecule has 0 saturated carbocycles. The van der Waals surface area contributed by atoms with Gasteiger partial charge in [0.2, 0.25) is 0 Å². The van der Waals surface area contributed by atoms with Crippen molar-refractivity contribution >= 4 is 46.9 Å². The van der Waals surface area contributed by atoms with E-state index in [1.165, 1.54) is 35.2 Å². The summed E-state index contributed by atoms with van der Waals surface area (Å²) in [5.41, 5.74) is 0.957. The number of hydrogen-bond acceptors (Lipinski definition) is 5. The summed E-state index contributed by atoms with van der Waals surface area (Å²) in [6, 6.07) is 21.8. The van der Waals surface area contributed by atoms with Crippen LogP contribution in [0.1, 0.15) is 15.9 Å². The molecular formula is C24H16N2O5S. The van der Waals surface area contributed by atoms with Crippen LogP contribution in [0.4, 0.5) is 5.69 Å². The number of ether oxygens (including phenoxy) is 1. The van der Waals surface area contributed by atoms with Gasteiger partial charge in [-0.1, -0.05) is 30.3 Å². The molecule has 3 aromatic rings. The van der Waals surface area contributed by atoms with Crippen molar-refractivity contribution in [3.05, 3.63) is 95.6 Å². The maximum atomic E-state index is 13.1. The third kappa shape index (κ3) is 4.40. The van der Waals surface area contributed by atoms with Crippen LogP contribution in [-0.4, -0.2) is 28.0 Å². The van der Waals surface area contributed by atoms with E-state index in [9.17, 15) is 14.4 Å². The van der Waals surface area contributed by atoms with Gasteiger partial charge in [-0.2, -0.15) is 0 Å². The fraction of sp³-hybridized carbons (Fsp3) is 0. The summed E-state index contributed by atoms with van der Waals surface area (Å²) >= 11 is 5.21. The third-order valence-corrected chi connectivity index (χ3v) is 4.93. The van der Waals surface area contributed by atoms with Crippen molar-refractivity contribution in [1.82, 2.24) is 5.32 Å². The molecule has 2 amide bonds. The number of carboxylic acid groups (broad SMARTS) is 1. The zero-order valence-corrected chi connectivity index (χ0v) is 17.3. The number of thiocarbonyl (C=S) groups is 1. The summed E-state index contributed by atoms with van der Waals surface area (Å²) in [4.78, 5) is 37.7. The molecule has 1 aliphatic rings. The largest absolute Gasteiger partial charge is 0.478 e. The molecule has 1 fully saturated rings. The smallest absolute Gasteiger partial charge is 0.335 e. The van der Waals surface area contributed by atoms with E-state index in [-0.39, 0.29) is 16.2 Å². The zero-order chi connectivity index (χ0) is 22.7. The maximum Gasteiger partial charge on any atom is 0.335 e. The van der Waals surface area contributed by atoms with Gasteiger partial charge in [0.05, 0.1) is 11.3 Å². The number of nitrogens with one attached hydrogen (secondary N) is 1. The first-order chi connectivity index (χ1) is 15.4. The SMILES string of the molecule is O=C1NC(=S)N(c2ccc(Oc3ccccc3)cc2)C(=O)C1=Cc1ccc(C(=O)O)cc1. The molecule has 0 radical (unpaired) electrons. The summed E-state index contributed by atoms with van der Waals surface area (Å²) in [5, 5.41) is 11.5. The molecular weight excluding hydrogens is 428 g/mol. The van der Waals surface area contributed by atoms with Gasteiger partial charge in [0.15, 0.2) is 5.11 Å². The van der Waals surface area contributed by atoms with E-state index in [4.69, 9.17) is 22.1 Å². The second kappa shape index (κ2) is 8.83. The Morgan fingerprint density at radius 2 is 1.53 bits per heavy atom. The van der Waals surface area contributed by atoms with E-state index in [2.05, 4.69) is 5.32 Å². The van der Waals surface area contributed by atoms with Gasteiger partial charge < -0.3 is 9.84 Å². The second-order valence-corrected chi connectivity index (χ2v) is 7.18. The van der Waals surface area contributed by atoms with E-state index < -0.39 is 17.8 Å². The molecule has 0 unspecified atom stereocenters. The Labute approximate surface area is 188 Å². The van der Waals surface area contributed by atoms with Crippen molar-refractivity contribution in [3.63, 3.8) is 0 Å². The van der Waals surface area contributed by atoms with Crippen molar-refractivity contribution in [2.75, 3.05) is 4.90 Å². The van der Waals surface area contributed by atoms with Crippen LogP contribution in [-0.2, 0) is 9.59 Å². The number of anilines is 1. The number of para-hydroxylation sites is 1. The van der Waals surface area contributed by atoms with Crippen molar-refractivity contribution < 1.29 is 24.2 Å². The van der Waals surface area contributed by atoms with Crippen LogP contribution in [0.2, 0.25) is 0 Å². The van der Waals surface area contributed by atoms with Crippen molar-refractivity contribution in [1.29, 1.82) is 0 Å². The lowest BCUT2D eigenvalue weighted by Gasteiger charge is -2.29. The van der Waals surface area contributed by atoms with Gasteiger partial charge in [0.25, 0.3) is 11.8 Å². The summed E-state index contributed by atoms with van der Waals surface area (Å²) in [6.45, 7) is 0. The highest BCUT2D eigenvalue weighted by molar-refractivity contribution is 7.80. The van der Waals surface area contributed by atoms with E-state index in [1.807, 2.05) is 30.3 Å². The molecule has 1 aliphatic heterocycles. The van der Waals surface area contributed by atoms with Gasteiger partial charge >= 0.3 is 5.97 Å². The average Bonchev–Trinajstić information content (AvgIpc) is 2.79. The predicted octanol–water partition coefficient (Wildman–Crippen LogP) is 4.01. The molecule has 158 valence electrons. The molecule has 0 aromatic heterocycles. The first kappa shape index (κ1) is 21.0. The normalized spacial score (nSPS) is 14.9. The first-order valence-electron chi connectivity index (χ1n) is 9.50. The molecule has 0 bridgehead atoms. The van der Waals surface area contributed by atoms with Crippen LogP contribution >= 0.6 is 12.2 Å². The number of aromatic carboxylic acids is 1. The molecule has 7 nitrogen and oxygen atoms in total. The minimum atomic E-state index is -1.06. The highest BCUT2D eigenvalue weighted by atomic mass is 32.1. The summed E-state index contributed by atoms with van der Waals surface area (Å²) in [6.07, 6.45) is 1.39. The zero-order valence-electron chi connectivity index (χ0n) is 16.5. The molecule has 1 saturated heterocycles. The summed E-state index contributed by atoms with van der Waals surface area (Å²) < 4.78 is 5.76. The lowest BCUT2D eigenvalue weighted by molar-refractivity contribution is -0.122. The van der Waals surface area contributed by atoms with Gasteiger partial charge in [-0.3, -0.25) is 19.8 Å². The Balaban J connectivity index is 1.58. The van der Waals surface area contributed by atoms with Gasteiger partial charge in [0, 0.05) is 0 Å². The first-order valence-corrected chi connectivity index (χ1v) is 9.91. The maximum absolute atomic E-state index is 13.1. The van der Waals surface area contributed by atoms with Crippen molar-refractivity contribution in [3.8, 4) is 11.5 Å². The fourth-order valence-electron chi connectivity index (χ4n) is 3.07. The molecule has 4 rings (SSSR count). The van der Waals surface area contributed by atoms with E-state index in [0.717, 1.165) is 0 Å². The third-order valence-electron chi connectivity index (χ3n) is 4.64. The van der Waals surface area contributed by atoms with Crippen molar-refractivity contribution in [2.24, 2.45) is 0 Å². The standard InChI is InChI=1S/C24H16N2O5S/c27-21-20(14-15-6-8-16(9-7-15)23(29)30)22(28)26(24(32)25-21)17-10-12-19(13-11-17)31-18-4-2-1-3-5-18/h1-14H,(H,29,30)(H,25,27,32). The van der Waals surface area contributed by atoms with Gasteiger partial charge in [-0.25, -0.2) is 4.79 Å². The van der Waals surface area contributed by atoms with Crippen molar-refractivity contribution in [2.45, 2.75) is 0 Å². The predicted molar refractivity (Wildman–Crippen MR) is 123 cm³/mol. The van der Waals surface area contributed by atoms with E-state index in [1.54, 1.807) is 24.3 Å². The molecule has 1 heterocycles. The van der Waals surface area contributed by atoms with Crippen LogP contribution < -0.4 is 15.0 Å². The Morgan fingerprint density at radius 1 is 0.906 bits per heavy atom. The summed E-state index contributed by atoms with van der Waals surface area (Å²) in [5.74, 6) is -1.02. The molecule has 0 spiro atoms. The Bertz CT molecular complexity index is 1240. The summed E-state index contributed by atoms with van der Waals surface area (Å²) in [7, 11) is 0.